The minimum Gasteiger partial charge on any atom is -0.295 e. The molecule has 4 aliphatic rings. The molecule has 1 nitrogen and oxygen atoms in total. The van der Waals surface area contributed by atoms with Gasteiger partial charge in [-0.2, -0.15) is 0 Å². The van der Waals surface area contributed by atoms with Crippen molar-refractivity contribution in [3.8, 4) is 0 Å². The fourth-order valence-electron chi connectivity index (χ4n) is 6.81. The van der Waals surface area contributed by atoms with Crippen LogP contribution in [0.5, 0.6) is 0 Å². The maximum absolute atomic E-state index is 12.1. The zero-order chi connectivity index (χ0) is 19.5. The predicted octanol–water partition coefficient (Wildman–Crippen LogP) is 7.52. The highest BCUT2D eigenvalue weighted by Gasteiger charge is 2.56. The Morgan fingerprint density at radius 1 is 0.923 bits per heavy atom. The SMILES string of the molecule is CC.CC.CC(=O)C1=CCC2C3CC=C4CCCCC4(C)C3CCC12C. The Morgan fingerprint density at radius 2 is 1.62 bits per heavy atom. The van der Waals surface area contributed by atoms with E-state index in [1.807, 2.05) is 27.7 Å². The second-order valence-electron chi connectivity index (χ2n) is 8.83. The molecule has 0 spiro atoms. The summed E-state index contributed by atoms with van der Waals surface area (Å²) >= 11 is 0. The number of ketones is 1. The average Bonchev–Trinajstić information content (AvgIpc) is 3.02. The number of hydrogen-bond donors (Lipinski definition) is 0. The van der Waals surface area contributed by atoms with Gasteiger partial charge in [-0.15, -0.1) is 0 Å². The summed E-state index contributed by atoms with van der Waals surface area (Å²) in [7, 11) is 0. The highest BCUT2D eigenvalue weighted by molar-refractivity contribution is 5.95. The molecule has 0 amide bonds. The summed E-state index contributed by atoms with van der Waals surface area (Å²) in [5, 5.41) is 0. The minimum atomic E-state index is 0.170. The summed E-state index contributed by atoms with van der Waals surface area (Å²) < 4.78 is 0. The molecule has 4 aliphatic carbocycles. The molecule has 2 saturated carbocycles. The first kappa shape index (κ1) is 21.5. The van der Waals surface area contributed by atoms with E-state index in [2.05, 4.69) is 26.0 Å². The molecule has 5 atom stereocenters. The first-order chi connectivity index (χ1) is 12.5. The van der Waals surface area contributed by atoms with Crippen molar-refractivity contribution in [1.82, 2.24) is 0 Å². The molecule has 148 valence electrons. The Morgan fingerprint density at radius 3 is 2.27 bits per heavy atom. The van der Waals surface area contributed by atoms with Crippen molar-refractivity contribution in [2.75, 3.05) is 0 Å². The first-order valence-corrected chi connectivity index (χ1v) is 11.4. The smallest absolute Gasteiger partial charge is 0.156 e. The number of fused-ring (bicyclic) bond motifs is 5. The zero-order valence-electron chi connectivity index (χ0n) is 18.5. The van der Waals surface area contributed by atoms with Gasteiger partial charge >= 0.3 is 0 Å². The van der Waals surface area contributed by atoms with Crippen molar-refractivity contribution in [3.63, 3.8) is 0 Å². The van der Waals surface area contributed by atoms with E-state index < -0.39 is 0 Å². The van der Waals surface area contributed by atoms with Crippen LogP contribution >= 0.6 is 0 Å². The lowest BCUT2D eigenvalue weighted by Crippen LogP contribution is -2.49. The van der Waals surface area contributed by atoms with Crippen LogP contribution in [0.15, 0.2) is 23.3 Å². The Balaban J connectivity index is 0.000000570. The molecule has 1 heteroatoms. The van der Waals surface area contributed by atoms with Gasteiger partial charge < -0.3 is 0 Å². The third-order valence-corrected chi connectivity index (χ3v) is 7.98. The standard InChI is InChI=1S/C21H30O.2C2H6/c1-14(22)17-9-10-18-16-8-7-15-6-4-5-12-20(15,2)19(16)11-13-21(17,18)3;2*1-2/h7,9,16,18-19H,4-6,8,10-13H2,1-3H3;2*1-2H3. The van der Waals surface area contributed by atoms with Gasteiger partial charge in [0.05, 0.1) is 0 Å². The van der Waals surface area contributed by atoms with Gasteiger partial charge in [0.25, 0.3) is 0 Å². The molecular formula is C25H42O. The Labute approximate surface area is 162 Å². The number of Topliss-reactive ketones (excluding diaryl/α,β-unsaturated/α-hetero) is 1. The van der Waals surface area contributed by atoms with Crippen molar-refractivity contribution in [2.45, 2.75) is 99.8 Å². The van der Waals surface area contributed by atoms with Gasteiger partial charge in [0, 0.05) is 0 Å². The Bertz CT molecular complexity index is 569. The maximum Gasteiger partial charge on any atom is 0.156 e. The lowest BCUT2D eigenvalue weighted by molar-refractivity contribution is -0.115. The molecule has 0 aromatic carbocycles. The fraction of sp³-hybridized carbons (Fsp3) is 0.800. The molecule has 0 heterocycles. The van der Waals surface area contributed by atoms with E-state index in [0.717, 1.165) is 23.8 Å². The third kappa shape index (κ3) is 3.25. The summed E-state index contributed by atoms with van der Waals surface area (Å²) in [6.07, 6.45) is 15.4. The van der Waals surface area contributed by atoms with Gasteiger partial charge in [-0.05, 0) is 86.0 Å². The zero-order valence-corrected chi connectivity index (χ0v) is 18.5. The number of carbonyl (C=O) groups is 1. The van der Waals surface area contributed by atoms with Crippen LogP contribution in [-0.4, -0.2) is 5.78 Å². The summed E-state index contributed by atoms with van der Waals surface area (Å²) in [6.45, 7) is 14.7. The van der Waals surface area contributed by atoms with Crippen molar-refractivity contribution in [3.05, 3.63) is 23.3 Å². The molecule has 0 radical (unpaired) electrons. The number of hydrogen-bond acceptors (Lipinski definition) is 1. The largest absolute Gasteiger partial charge is 0.295 e. The first-order valence-electron chi connectivity index (χ1n) is 11.4. The average molecular weight is 359 g/mol. The molecule has 2 fully saturated rings. The predicted molar refractivity (Wildman–Crippen MR) is 113 cm³/mol. The van der Waals surface area contributed by atoms with E-state index in [1.165, 1.54) is 44.9 Å². The van der Waals surface area contributed by atoms with Crippen LogP contribution < -0.4 is 0 Å². The van der Waals surface area contributed by atoms with E-state index in [9.17, 15) is 4.79 Å². The van der Waals surface area contributed by atoms with Crippen LogP contribution in [0.3, 0.4) is 0 Å². The van der Waals surface area contributed by atoms with E-state index in [1.54, 1.807) is 12.5 Å². The quantitative estimate of drug-likeness (QED) is 0.443. The number of allylic oxidation sites excluding steroid dienone is 4. The summed E-state index contributed by atoms with van der Waals surface area (Å²) in [5.74, 6) is 2.70. The van der Waals surface area contributed by atoms with E-state index in [0.29, 0.717) is 17.1 Å². The van der Waals surface area contributed by atoms with Crippen LogP contribution in [0, 0.1) is 28.6 Å². The third-order valence-electron chi connectivity index (χ3n) is 7.98. The van der Waals surface area contributed by atoms with Crippen molar-refractivity contribution < 1.29 is 4.79 Å². The minimum absolute atomic E-state index is 0.170. The lowest BCUT2D eigenvalue weighted by Gasteiger charge is -2.57. The number of carbonyl (C=O) groups excluding carboxylic acids is 1. The van der Waals surface area contributed by atoms with Gasteiger partial charge in [-0.3, -0.25) is 4.79 Å². The van der Waals surface area contributed by atoms with Crippen molar-refractivity contribution in [1.29, 1.82) is 0 Å². The van der Waals surface area contributed by atoms with Gasteiger partial charge in [0.15, 0.2) is 5.78 Å². The maximum atomic E-state index is 12.1. The summed E-state index contributed by atoms with van der Waals surface area (Å²) in [4.78, 5) is 12.1. The second kappa shape index (κ2) is 8.44. The van der Waals surface area contributed by atoms with Gasteiger partial charge in [-0.1, -0.05) is 65.7 Å². The number of rotatable bonds is 1. The topological polar surface area (TPSA) is 17.1 Å². The molecule has 0 aliphatic heterocycles. The molecule has 26 heavy (non-hydrogen) atoms. The van der Waals surface area contributed by atoms with Gasteiger partial charge in [-0.25, -0.2) is 0 Å². The van der Waals surface area contributed by atoms with E-state index in [4.69, 9.17) is 0 Å². The molecular weight excluding hydrogens is 316 g/mol. The van der Waals surface area contributed by atoms with Crippen LogP contribution in [0.2, 0.25) is 0 Å². The summed E-state index contributed by atoms with van der Waals surface area (Å²) in [6, 6.07) is 0. The van der Waals surface area contributed by atoms with Crippen LogP contribution in [0.25, 0.3) is 0 Å². The van der Waals surface area contributed by atoms with E-state index in [-0.39, 0.29) is 5.41 Å². The normalized spacial score (nSPS) is 40.2. The summed E-state index contributed by atoms with van der Waals surface area (Å²) in [5.41, 5.74) is 3.58. The Hall–Kier alpha value is -0.850. The van der Waals surface area contributed by atoms with E-state index >= 15 is 0 Å². The fourth-order valence-corrected chi connectivity index (χ4v) is 6.81. The Kier molecular flexibility index (Phi) is 6.97. The van der Waals surface area contributed by atoms with Crippen LogP contribution in [0.1, 0.15) is 99.8 Å². The highest BCUT2D eigenvalue weighted by Crippen LogP contribution is 2.64. The monoisotopic (exact) mass is 358 g/mol. The molecule has 0 N–H and O–H groups in total. The lowest BCUT2D eigenvalue weighted by atomic mass is 9.47. The molecule has 0 bridgehead atoms. The highest BCUT2D eigenvalue weighted by atomic mass is 16.1. The molecule has 0 aromatic heterocycles. The van der Waals surface area contributed by atoms with Crippen LogP contribution in [-0.2, 0) is 4.79 Å². The molecule has 0 saturated heterocycles. The van der Waals surface area contributed by atoms with Crippen molar-refractivity contribution in [2.24, 2.45) is 28.6 Å². The molecule has 5 unspecified atom stereocenters. The molecule has 4 rings (SSSR count). The second-order valence-corrected chi connectivity index (χ2v) is 8.83. The van der Waals surface area contributed by atoms with Crippen LogP contribution in [0.4, 0.5) is 0 Å². The van der Waals surface area contributed by atoms with Gasteiger partial charge in [0.2, 0.25) is 0 Å². The van der Waals surface area contributed by atoms with Crippen molar-refractivity contribution >= 4 is 5.78 Å². The van der Waals surface area contributed by atoms with Gasteiger partial charge in [0.1, 0.15) is 0 Å². The molecule has 0 aromatic rings.